The van der Waals surface area contributed by atoms with Crippen molar-refractivity contribution in [1.82, 2.24) is 24.7 Å². The highest BCUT2D eigenvalue weighted by Gasteiger charge is 2.23. The number of morpholine rings is 1. The Morgan fingerprint density at radius 1 is 1.29 bits per heavy atom. The first-order valence-corrected chi connectivity index (χ1v) is 12.8. The molecule has 1 aliphatic rings. The first-order valence-electron chi connectivity index (χ1n) is 10.1. The van der Waals surface area contributed by atoms with Gasteiger partial charge in [-0.1, -0.05) is 17.8 Å². The standard InChI is InChI=1S/C20H22N6O2S3/c1-3-26-19(25-6-8-28-9-7-25)23-24-20(26)31-12(2)16-21-17(27)15-13(11-30-18(15)22-16)14-5-4-10-29-14/h4-5,10-12H,3,6-9H2,1-2H3,(H,21,22,27)/t12-/m0/s1. The van der Waals surface area contributed by atoms with Crippen LogP contribution >= 0.6 is 34.4 Å². The Bertz CT molecular complexity index is 1240. The lowest BCUT2D eigenvalue weighted by Crippen LogP contribution is -2.38. The molecule has 0 amide bonds. The Labute approximate surface area is 191 Å². The Morgan fingerprint density at radius 3 is 2.87 bits per heavy atom. The number of ether oxygens (including phenoxy) is 1. The van der Waals surface area contributed by atoms with Crippen molar-refractivity contribution in [2.75, 3.05) is 31.2 Å². The summed E-state index contributed by atoms with van der Waals surface area (Å²) in [5, 5.41) is 14.3. The molecule has 0 saturated carbocycles. The molecule has 0 spiro atoms. The molecular weight excluding hydrogens is 452 g/mol. The first-order chi connectivity index (χ1) is 15.2. The van der Waals surface area contributed by atoms with Gasteiger partial charge in [0.1, 0.15) is 10.7 Å². The molecule has 0 aromatic carbocycles. The fourth-order valence-electron chi connectivity index (χ4n) is 3.63. The molecule has 1 saturated heterocycles. The van der Waals surface area contributed by atoms with Gasteiger partial charge in [-0.15, -0.1) is 32.9 Å². The Hall–Kier alpha value is -2.21. The molecule has 1 N–H and O–H groups in total. The van der Waals surface area contributed by atoms with Crippen molar-refractivity contribution in [2.24, 2.45) is 0 Å². The van der Waals surface area contributed by atoms with Gasteiger partial charge in [0.25, 0.3) is 5.56 Å². The number of fused-ring (bicyclic) bond motifs is 1. The van der Waals surface area contributed by atoms with Crippen LogP contribution in [-0.2, 0) is 11.3 Å². The molecule has 8 nitrogen and oxygen atoms in total. The van der Waals surface area contributed by atoms with Crippen LogP contribution < -0.4 is 10.5 Å². The summed E-state index contributed by atoms with van der Waals surface area (Å²) in [5.74, 6) is 1.52. The summed E-state index contributed by atoms with van der Waals surface area (Å²) in [6.45, 7) is 7.93. The minimum Gasteiger partial charge on any atom is -0.378 e. The quantitative estimate of drug-likeness (QED) is 0.422. The number of thioether (sulfide) groups is 1. The molecule has 0 aliphatic carbocycles. The van der Waals surface area contributed by atoms with Crippen LogP contribution in [0.5, 0.6) is 0 Å². The van der Waals surface area contributed by atoms with Gasteiger partial charge in [0, 0.05) is 35.5 Å². The smallest absolute Gasteiger partial charge is 0.260 e. The van der Waals surface area contributed by atoms with E-state index in [0.29, 0.717) is 24.4 Å². The summed E-state index contributed by atoms with van der Waals surface area (Å²) < 4.78 is 7.57. The fourth-order valence-corrected chi connectivity index (χ4v) is 6.36. The lowest BCUT2D eigenvalue weighted by atomic mass is 10.2. The third-order valence-electron chi connectivity index (χ3n) is 5.22. The maximum atomic E-state index is 12.9. The summed E-state index contributed by atoms with van der Waals surface area (Å²) in [6, 6.07) is 4.02. The van der Waals surface area contributed by atoms with E-state index in [-0.39, 0.29) is 10.8 Å². The first kappa shape index (κ1) is 20.7. The highest BCUT2D eigenvalue weighted by atomic mass is 32.2. The van der Waals surface area contributed by atoms with Crippen LogP contribution in [0, 0.1) is 0 Å². The van der Waals surface area contributed by atoms with Gasteiger partial charge in [-0.25, -0.2) is 4.98 Å². The van der Waals surface area contributed by atoms with Gasteiger partial charge >= 0.3 is 0 Å². The summed E-state index contributed by atoms with van der Waals surface area (Å²) in [5.41, 5.74) is 0.861. The number of nitrogens with one attached hydrogen (secondary N) is 1. The molecule has 5 heterocycles. The number of aromatic amines is 1. The predicted molar refractivity (Wildman–Crippen MR) is 127 cm³/mol. The fraction of sp³-hybridized carbons (Fsp3) is 0.400. The number of H-pyrrole nitrogens is 1. The Kier molecular flexibility index (Phi) is 5.83. The topological polar surface area (TPSA) is 88.9 Å². The molecule has 11 heteroatoms. The van der Waals surface area contributed by atoms with E-state index in [9.17, 15) is 4.79 Å². The van der Waals surface area contributed by atoms with Crippen molar-refractivity contribution in [1.29, 1.82) is 0 Å². The Balaban J connectivity index is 1.43. The van der Waals surface area contributed by atoms with Crippen molar-refractivity contribution < 1.29 is 4.74 Å². The number of anilines is 1. The lowest BCUT2D eigenvalue weighted by Gasteiger charge is -2.27. The van der Waals surface area contributed by atoms with E-state index < -0.39 is 0 Å². The minimum atomic E-state index is -0.0944. The molecule has 31 heavy (non-hydrogen) atoms. The van der Waals surface area contributed by atoms with E-state index in [1.165, 1.54) is 11.3 Å². The molecule has 4 aromatic heterocycles. The average molecular weight is 475 g/mol. The van der Waals surface area contributed by atoms with E-state index in [4.69, 9.17) is 9.72 Å². The molecule has 4 aromatic rings. The van der Waals surface area contributed by atoms with Crippen molar-refractivity contribution in [3.8, 4) is 10.4 Å². The van der Waals surface area contributed by atoms with E-state index in [0.717, 1.165) is 46.0 Å². The molecule has 1 aliphatic heterocycles. The summed E-state index contributed by atoms with van der Waals surface area (Å²) in [4.78, 5) is 24.8. The van der Waals surface area contributed by atoms with Crippen LogP contribution in [-0.4, -0.2) is 51.0 Å². The van der Waals surface area contributed by atoms with Crippen molar-refractivity contribution in [3.63, 3.8) is 0 Å². The van der Waals surface area contributed by atoms with Crippen LogP contribution in [0.2, 0.25) is 0 Å². The highest BCUT2D eigenvalue weighted by Crippen LogP contribution is 2.37. The monoisotopic (exact) mass is 474 g/mol. The SMILES string of the molecule is CCn1c(S[C@@H](C)c2nc3scc(-c4cccs4)c3c(=O)[nH]2)nnc1N1CCOCC1. The number of nitrogens with zero attached hydrogens (tertiary/aromatic N) is 5. The third kappa shape index (κ3) is 3.91. The van der Waals surface area contributed by atoms with E-state index >= 15 is 0 Å². The van der Waals surface area contributed by atoms with Gasteiger partial charge in [-0.05, 0) is 25.3 Å². The lowest BCUT2D eigenvalue weighted by molar-refractivity contribution is 0.121. The second-order valence-corrected chi connectivity index (χ2v) is 10.3. The van der Waals surface area contributed by atoms with E-state index in [1.54, 1.807) is 23.1 Å². The zero-order valence-electron chi connectivity index (χ0n) is 17.2. The van der Waals surface area contributed by atoms with Crippen LogP contribution in [0.4, 0.5) is 5.95 Å². The summed E-state index contributed by atoms with van der Waals surface area (Å²) >= 11 is 4.70. The zero-order chi connectivity index (χ0) is 21.4. The molecule has 0 bridgehead atoms. The maximum Gasteiger partial charge on any atom is 0.260 e. The molecule has 1 atom stereocenters. The van der Waals surface area contributed by atoms with Crippen molar-refractivity contribution >= 4 is 50.6 Å². The average Bonchev–Trinajstić information content (AvgIpc) is 3.53. The third-order valence-corrected chi connectivity index (χ3v) is 8.09. The van der Waals surface area contributed by atoms with Gasteiger partial charge in [-0.2, -0.15) is 0 Å². The van der Waals surface area contributed by atoms with E-state index in [2.05, 4.69) is 31.6 Å². The van der Waals surface area contributed by atoms with Crippen LogP contribution in [0.25, 0.3) is 20.7 Å². The largest absolute Gasteiger partial charge is 0.378 e. The molecule has 0 unspecified atom stereocenters. The number of hydrogen-bond donors (Lipinski definition) is 1. The number of thiophene rings is 2. The van der Waals surface area contributed by atoms with Crippen molar-refractivity contribution in [2.45, 2.75) is 30.8 Å². The molecule has 0 radical (unpaired) electrons. The predicted octanol–water partition coefficient (Wildman–Crippen LogP) is 4.01. The summed E-state index contributed by atoms with van der Waals surface area (Å²) in [7, 11) is 0. The zero-order valence-corrected chi connectivity index (χ0v) is 19.6. The van der Waals surface area contributed by atoms with Gasteiger partial charge in [0.2, 0.25) is 5.95 Å². The Morgan fingerprint density at radius 2 is 2.13 bits per heavy atom. The second-order valence-electron chi connectivity index (χ2n) is 7.14. The number of rotatable bonds is 6. The van der Waals surface area contributed by atoms with Gasteiger partial charge in [-0.3, -0.25) is 9.36 Å². The highest BCUT2D eigenvalue weighted by molar-refractivity contribution is 7.99. The second kappa shape index (κ2) is 8.73. The van der Waals surface area contributed by atoms with Gasteiger partial charge in [0.05, 0.1) is 23.8 Å². The molecule has 5 rings (SSSR count). The van der Waals surface area contributed by atoms with Crippen LogP contribution in [0.1, 0.15) is 24.9 Å². The minimum absolute atomic E-state index is 0.0728. The van der Waals surface area contributed by atoms with E-state index in [1.807, 2.05) is 29.8 Å². The number of hydrogen-bond acceptors (Lipinski definition) is 9. The molecular formula is C20H22N6O2S3. The van der Waals surface area contributed by atoms with Gasteiger partial charge < -0.3 is 14.6 Å². The molecule has 162 valence electrons. The normalized spacial score (nSPS) is 15.6. The maximum absolute atomic E-state index is 12.9. The van der Waals surface area contributed by atoms with Crippen LogP contribution in [0.15, 0.2) is 32.8 Å². The summed E-state index contributed by atoms with van der Waals surface area (Å²) in [6.07, 6.45) is 0. The van der Waals surface area contributed by atoms with Crippen molar-refractivity contribution in [3.05, 3.63) is 39.1 Å². The van der Waals surface area contributed by atoms with Gasteiger partial charge in [0.15, 0.2) is 5.16 Å². The molecule has 1 fully saturated rings. The van der Waals surface area contributed by atoms with Crippen LogP contribution in [0.3, 0.4) is 0 Å². The number of aromatic nitrogens is 5.